The number of hydrogen-bond donors (Lipinski definition) is 2. The normalized spacial score (nSPS) is 9.64. The molecule has 60 valence electrons. The fourth-order valence-corrected chi connectivity index (χ4v) is 0.950. The van der Waals surface area contributed by atoms with Crippen molar-refractivity contribution in [2.45, 2.75) is 6.92 Å². The zero-order valence-corrected chi connectivity index (χ0v) is 6.59. The molecule has 1 rings (SSSR count). The minimum Gasteiger partial charge on any atom is -0.504 e. The van der Waals surface area contributed by atoms with Gasteiger partial charge in [0.15, 0.2) is 11.5 Å². The van der Waals surface area contributed by atoms with Crippen LogP contribution in [0.15, 0.2) is 12.1 Å². The number of nitrogens with two attached hydrogens (primary N) is 1. The number of ether oxygens (including phenoxy) is 1. The molecule has 1 aromatic rings. The second-order valence-electron chi connectivity index (χ2n) is 2.33. The quantitative estimate of drug-likeness (QED) is 0.472. The van der Waals surface area contributed by atoms with Crippen molar-refractivity contribution in [1.82, 2.24) is 0 Å². The molecular formula is C8H11NO2. The highest BCUT2D eigenvalue weighted by atomic mass is 16.5. The Hall–Kier alpha value is -1.38. The highest BCUT2D eigenvalue weighted by Gasteiger charge is 2.06. The van der Waals surface area contributed by atoms with Gasteiger partial charge in [-0.3, -0.25) is 0 Å². The molecule has 1 aromatic carbocycles. The summed E-state index contributed by atoms with van der Waals surface area (Å²) in [5.41, 5.74) is 6.97. The molecule has 0 saturated heterocycles. The summed E-state index contributed by atoms with van der Waals surface area (Å²) in [5, 5.41) is 9.24. The van der Waals surface area contributed by atoms with E-state index in [4.69, 9.17) is 10.5 Å². The molecule has 0 aliphatic carbocycles. The van der Waals surface area contributed by atoms with Crippen molar-refractivity contribution in [3.05, 3.63) is 17.7 Å². The summed E-state index contributed by atoms with van der Waals surface area (Å²) in [7, 11) is 1.50. The lowest BCUT2D eigenvalue weighted by Gasteiger charge is -2.08. The van der Waals surface area contributed by atoms with Crippen molar-refractivity contribution >= 4 is 5.69 Å². The van der Waals surface area contributed by atoms with E-state index in [1.807, 2.05) is 0 Å². The van der Waals surface area contributed by atoms with E-state index in [-0.39, 0.29) is 5.75 Å². The molecule has 0 heterocycles. The van der Waals surface area contributed by atoms with E-state index in [9.17, 15) is 5.11 Å². The second-order valence-corrected chi connectivity index (χ2v) is 2.33. The fourth-order valence-electron chi connectivity index (χ4n) is 0.950. The van der Waals surface area contributed by atoms with Crippen LogP contribution in [0, 0.1) is 6.92 Å². The number of anilines is 1. The predicted octanol–water partition coefficient (Wildman–Crippen LogP) is 1.29. The van der Waals surface area contributed by atoms with Gasteiger partial charge in [0.2, 0.25) is 0 Å². The zero-order valence-electron chi connectivity index (χ0n) is 6.59. The highest BCUT2D eigenvalue weighted by Crippen LogP contribution is 2.32. The first-order chi connectivity index (χ1) is 5.16. The van der Waals surface area contributed by atoms with Crippen LogP contribution in [0.1, 0.15) is 5.56 Å². The maximum Gasteiger partial charge on any atom is 0.165 e. The molecule has 0 radical (unpaired) electrons. The summed E-state index contributed by atoms with van der Waals surface area (Å²) < 4.78 is 4.93. The summed E-state index contributed by atoms with van der Waals surface area (Å²) in [6.45, 7) is 1.80. The number of aromatic hydroxyl groups is 1. The van der Waals surface area contributed by atoms with Crippen molar-refractivity contribution in [2.24, 2.45) is 0 Å². The monoisotopic (exact) mass is 153 g/mol. The Balaban J connectivity index is 3.29. The molecular weight excluding hydrogens is 142 g/mol. The Morgan fingerprint density at radius 1 is 1.45 bits per heavy atom. The Labute approximate surface area is 65.4 Å². The number of phenolic OH excluding ortho intramolecular Hbond substituents is 1. The van der Waals surface area contributed by atoms with Crippen molar-refractivity contribution in [2.75, 3.05) is 12.8 Å². The number of rotatable bonds is 1. The lowest BCUT2D eigenvalue weighted by atomic mass is 10.2. The lowest BCUT2D eigenvalue weighted by Crippen LogP contribution is -1.93. The Bertz CT molecular complexity index is 271. The topological polar surface area (TPSA) is 55.5 Å². The van der Waals surface area contributed by atoms with Gasteiger partial charge in [0.05, 0.1) is 7.11 Å². The zero-order chi connectivity index (χ0) is 8.43. The molecule has 3 nitrogen and oxygen atoms in total. The molecule has 3 heteroatoms. The lowest BCUT2D eigenvalue weighted by molar-refractivity contribution is 0.371. The smallest absolute Gasteiger partial charge is 0.165 e. The Morgan fingerprint density at radius 3 is 2.55 bits per heavy atom. The first-order valence-corrected chi connectivity index (χ1v) is 3.29. The molecule has 3 N–H and O–H groups in total. The van der Waals surface area contributed by atoms with Crippen LogP contribution in [-0.4, -0.2) is 12.2 Å². The average molecular weight is 153 g/mol. The summed E-state index contributed by atoms with van der Waals surface area (Å²) >= 11 is 0. The predicted molar refractivity (Wildman–Crippen MR) is 43.8 cm³/mol. The van der Waals surface area contributed by atoms with E-state index in [0.29, 0.717) is 11.4 Å². The number of phenols is 1. The number of methoxy groups -OCH3 is 1. The van der Waals surface area contributed by atoms with Gasteiger partial charge in [-0.05, 0) is 19.1 Å². The van der Waals surface area contributed by atoms with Crippen LogP contribution >= 0.6 is 0 Å². The van der Waals surface area contributed by atoms with Gasteiger partial charge in [0, 0.05) is 11.3 Å². The number of hydrogen-bond acceptors (Lipinski definition) is 3. The van der Waals surface area contributed by atoms with E-state index in [0.717, 1.165) is 5.56 Å². The van der Waals surface area contributed by atoms with Gasteiger partial charge in [-0.15, -0.1) is 0 Å². The largest absolute Gasteiger partial charge is 0.504 e. The highest BCUT2D eigenvalue weighted by molar-refractivity contribution is 5.59. The molecule has 0 amide bonds. The number of benzene rings is 1. The summed E-state index contributed by atoms with van der Waals surface area (Å²) in [5.74, 6) is 0.573. The van der Waals surface area contributed by atoms with Crippen LogP contribution in [0.2, 0.25) is 0 Å². The third-order valence-corrected chi connectivity index (χ3v) is 1.63. The molecule has 0 aliphatic heterocycles. The molecule has 11 heavy (non-hydrogen) atoms. The van der Waals surface area contributed by atoms with E-state index < -0.39 is 0 Å². The maximum atomic E-state index is 9.24. The number of nitrogen functional groups attached to an aromatic ring is 1. The standard InChI is InChI=1S/C8H11NO2/c1-5-6(9)3-4-7(10)8(5)11-2/h3-4,10H,9H2,1-2H3. The second kappa shape index (κ2) is 2.70. The molecule has 0 unspecified atom stereocenters. The van der Waals surface area contributed by atoms with Crippen LogP contribution in [0.3, 0.4) is 0 Å². The van der Waals surface area contributed by atoms with Crippen LogP contribution < -0.4 is 10.5 Å². The van der Waals surface area contributed by atoms with Crippen molar-refractivity contribution in [1.29, 1.82) is 0 Å². The molecule has 0 fully saturated rings. The van der Waals surface area contributed by atoms with Gasteiger partial charge < -0.3 is 15.6 Å². The van der Waals surface area contributed by atoms with Gasteiger partial charge in [-0.1, -0.05) is 0 Å². The van der Waals surface area contributed by atoms with Crippen LogP contribution in [0.25, 0.3) is 0 Å². The van der Waals surface area contributed by atoms with Crippen LogP contribution in [-0.2, 0) is 0 Å². The third-order valence-electron chi connectivity index (χ3n) is 1.63. The van der Waals surface area contributed by atoms with E-state index in [1.54, 1.807) is 13.0 Å². The molecule has 0 atom stereocenters. The van der Waals surface area contributed by atoms with Crippen molar-refractivity contribution in [3.63, 3.8) is 0 Å². The summed E-state index contributed by atoms with van der Waals surface area (Å²) in [6.07, 6.45) is 0. The first kappa shape index (κ1) is 7.72. The Morgan fingerprint density at radius 2 is 2.09 bits per heavy atom. The van der Waals surface area contributed by atoms with E-state index in [1.165, 1.54) is 13.2 Å². The van der Waals surface area contributed by atoms with Gasteiger partial charge in [-0.25, -0.2) is 0 Å². The Kier molecular flexibility index (Phi) is 1.89. The van der Waals surface area contributed by atoms with Gasteiger partial charge in [-0.2, -0.15) is 0 Å². The summed E-state index contributed by atoms with van der Waals surface area (Å²) in [6, 6.07) is 3.16. The van der Waals surface area contributed by atoms with Crippen LogP contribution in [0.4, 0.5) is 5.69 Å². The molecule has 0 aliphatic rings. The third kappa shape index (κ3) is 1.22. The average Bonchev–Trinajstić information content (AvgIpc) is 1.99. The van der Waals surface area contributed by atoms with Gasteiger partial charge >= 0.3 is 0 Å². The van der Waals surface area contributed by atoms with E-state index in [2.05, 4.69) is 0 Å². The summed E-state index contributed by atoms with van der Waals surface area (Å²) in [4.78, 5) is 0. The van der Waals surface area contributed by atoms with Crippen molar-refractivity contribution in [3.8, 4) is 11.5 Å². The van der Waals surface area contributed by atoms with Crippen molar-refractivity contribution < 1.29 is 9.84 Å². The van der Waals surface area contributed by atoms with Crippen LogP contribution in [0.5, 0.6) is 11.5 Å². The maximum absolute atomic E-state index is 9.24. The molecule has 0 spiro atoms. The van der Waals surface area contributed by atoms with Gasteiger partial charge in [0.1, 0.15) is 0 Å². The molecule has 0 aromatic heterocycles. The first-order valence-electron chi connectivity index (χ1n) is 3.29. The molecule has 0 bridgehead atoms. The fraction of sp³-hybridized carbons (Fsp3) is 0.250. The molecule has 0 saturated carbocycles. The van der Waals surface area contributed by atoms with E-state index >= 15 is 0 Å². The minimum absolute atomic E-state index is 0.124. The SMILES string of the molecule is COc1c(O)ccc(N)c1C. The minimum atomic E-state index is 0.124. The van der Waals surface area contributed by atoms with Gasteiger partial charge in [0.25, 0.3) is 0 Å².